The van der Waals surface area contributed by atoms with E-state index in [9.17, 15) is 14.4 Å². The molecule has 0 aliphatic carbocycles. The Kier molecular flexibility index (Phi) is 7.07. The number of methoxy groups -OCH3 is 1. The molecule has 0 saturated carbocycles. The van der Waals surface area contributed by atoms with Gasteiger partial charge in [-0.2, -0.15) is 0 Å². The van der Waals surface area contributed by atoms with E-state index in [1.807, 2.05) is 13.0 Å². The number of ether oxygens (including phenoxy) is 2. The maximum atomic E-state index is 12.4. The van der Waals surface area contributed by atoms with Crippen LogP contribution in [0.25, 0.3) is 6.08 Å². The van der Waals surface area contributed by atoms with Gasteiger partial charge in [0.25, 0.3) is 0 Å². The van der Waals surface area contributed by atoms with Crippen molar-refractivity contribution >= 4 is 29.4 Å². The standard InChI is InChI=1S/C24H26N2O5/c1-4-31-21-9-5-16(13-22(21)30-3)6-10-23(28)25-12-11-20(27)17-7-8-19-18(14-17)15-24(29)26(19)2/h5-10,13-14H,4,11-12,15H2,1-3H3,(H,25,28)/b10-6+. The molecule has 0 aromatic heterocycles. The normalized spacial score (nSPS) is 12.7. The van der Waals surface area contributed by atoms with Gasteiger partial charge in [-0.3, -0.25) is 14.4 Å². The molecule has 1 heterocycles. The van der Waals surface area contributed by atoms with Gasteiger partial charge in [-0.15, -0.1) is 0 Å². The van der Waals surface area contributed by atoms with Gasteiger partial charge in [0.2, 0.25) is 11.8 Å². The van der Waals surface area contributed by atoms with Crippen LogP contribution >= 0.6 is 0 Å². The van der Waals surface area contributed by atoms with E-state index in [2.05, 4.69) is 5.32 Å². The van der Waals surface area contributed by atoms with Crippen molar-refractivity contribution in [2.75, 3.05) is 32.2 Å². The van der Waals surface area contributed by atoms with Gasteiger partial charge in [0.15, 0.2) is 17.3 Å². The molecule has 0 atom stereocenters. The molecule has 2 amide bonds. The van der Waals surface area contributed by atoms with Gasteiger partial charge < -0.3 is 19.7 Å². The van der Waals surface area contributed by atoms with Crippen LogP contribution in [0.5, 0.6) is 11.5 Å². The van der Waals surface area contributed by atoms with Gasteiger partial charge in [-0.1, -0.05) is 6.07 Å². The minimum Gasteiger partial charge on any atom is -0.493 e. The summed E-state index contributed by atoms with van der Waals surface area (Å²) in [5, 5.41) is 2.72. The highest BCUT2D eigenvalue weighted by molar-refractivity contribution is 6.03. The van der Waals surface area contributed by atoms with E-state index in [-0.39, 0.29) is 30.6 Å². The van der Waals surface area contributed by atoms with Crippen LogP contribution in [0.15, 0.2) is 42.5 Å². The Morgan fingerprint density at radius 3 is 2.71 bits per heavy atom. The first-order valence-corrected chi connectivity index (χ1v) is 10.1. The molecule has 0 spiro atoms. The Balaban J connectivity index is 1.51. The SMILES string of the molecule is CCOc1ccc(/C=C/C(=O)NCCC(=O)c2ccc3c(c2)CC(=O)N3C)cc1OC. The van der Waals surface area contributed by atoms with Gasteiger partial charge in [0.1, 0.15) is 0 Å². The van der Waals surface area contributed by atoms with E-state index in [4.69, 9.17) is 9.47 Å². The summed E-state index contributed by atoms with van der Waals surface area (Å²) in [7, 11) is 3.29. The van der Waals surface area contributed by atoms with E-state index < -0.39 is 0 Å². The third-order valence-corrected chi connectivity index (χ3v) is 5.04. The van der Waals surface area contributed by atoms with Gasteiger partial charge in [0, 0.05) is 37.3 Å². The zero-order valence-corrected chi connectivity index (χ0v) is 17.9. The van der Waals surface area contributed by atoms with Crippen LogP contribution < -0.4 is 19.7 Å². The third kappa shape index (κ3) is 5.31. The monoisotopic (exact) mass is 422 g/mol. The maximum absolute atomic E-state index is 12.4. The number of hydrogen-bond acceptors (Lipinski definition) is 5. The average molecular weight is 422 g/mol. The number of fused-ring (bicyclic) bond motifs is 1. The van der Waals surface area contributed by atoms with Gasteiger partial charge >= 0.3 is 0 Å². The largest absolute Gasteiger partial charge is 0.493 e. The fourth-order valence-corrected chi connectivity index (χ4v) is 3.38. The molecule has 0 saturated heterocycles. The molecule has 1 N–H and O–H groups in total. The number of benzene rings is 2. The summed E-state index contributed by atoms with van der Waals surface area (Å²) in [6.45, 7) is 2.66. The van der Waals surface area contributed by atoms with Crippen molar-refractivity contribution < 1.29 is 23.9 Å². The highest BCUT2D eigenvalue weighted by atomic mass is 16.5. The van der Waals surface area contributed by atoms with Crippen LogP contribution in [0, 0.1) is 0 Å². The van der Waals surface area contributed by atoms with Crippen molar-refractivity contribution in [3.8, 4) is 11.5 Å². The Bertz CT molecular complexity index is 1030. The van der Waals surface area contributed by atoms with Crippen molar-refractivity contribution in [3.63, 3.8) is 0 Å². The Morgan fingerprint density at radius 2 is 1.97 bits per heavy atom. The number of hydrogen-bond donors (Lipinski definition) is 1. The first-order valence-electron chi connectivity index (χ1n) is 10.1. The van der Waals surface area contributed by atoms with Crippen molar-refractivity contribution in [2.24, 2.45) is 0 Å². The molecule has 0 unspecified atom stereocenters. The molecule has 0 fully saturated rings. The molecule has 2 aromatic rings. The molecule has 0 radical (unpaired) electrons. The molecule has 3 rings (SSSR count). The number of carbonyl (C=O) groups excluding carboxylic acids is 3. The average Bonchev–Trinajstić information content (AvgIpc) is 3.06. The van der Waals surface area contributed by atoms with E-state index in [1.165, 1.54) is 6.08 Å². The predicted octanol–water partition coefficient (Wildman–Crippen LogP) is 3.02. The molecule has 162 valence electrons. The van der Waals surface area contributed by atoms with Crippen LogP contribution in [-0.4, -0.2) is 44.9 Å². The lowest BCUT2D eigenvalue weighted by Crippen LogP contribution is -2.24. The Labute approximate surface area is 181 Å². The number of likely N-dealkylation sites (N-methyl/N-ethyl adjacent to an activating group) is 1. The minimum absolute atomic E-state index is 0.0174. The lowest BCUT2D eigenvalue weighted by Gasteiger charge is -2.10. The summed E-state index contributed by atoms with van der Waals surface area (Å²) in [6, 6.07) is 10.7. The summed E-state index contributed by atoms with van der Waals surface area (Å²) >= 11 is 0. The third-order valence-electron chi connectivity index (χ3n) is 5.04. The lowest BCUT2D eigenvalue weighted by molar-refractivity contribution is -0.117. The molecular weight excluding hydrogens is 396 g/mol. The minimum atomic E-state index is -0.290. The number of carbonyl (C=O) groups is 3. The number of nitrogens with zero attached hydrogens (tertiary/aromatic N) is 1. The van der Waals surface area contributed by atoms with Crippen LogP contribution in [0.2, 0.25) is 0 Å². The molecule has 1 aliphatic rings. The van der Waals surface area contributed by atoms with Crippen molar-refractivity contribution in [3.05, 3.63) is 59.2 Å². The van der Waals surface area contributed by atoms with E-state index in [0.717, 1.165) is 16.8 Å². The highest BCUT2D eigenvalue weighted by Gasteiger charge is 2.24. The molecule has 0 bridgehead atoms. The summed E-state index contributed by atoms with van der Waals surface area (Å²) in [5.41, 5.74) is 3.04. The first kappa shape index (κ1) is 22.1. The lowest BCUT2D eigenvalue weighted by atomic mass is 10.0. The first-order chi connectivity index (χ1) is 14.9. The summed E-state index contributed by atoms with van der Waals surface area (Å²) in [4.78, 5) is 37.9. The second kappa shape index (κ2) is 9.93. The topological polar surface area (TPSA) is 84.9 Å². The smallest absolute Gasteiger partial charge is 0.244 e. The van der Waals surface area contributed by atoms with Gasteiger partial charge in [-0.05, 0) is 54.5 Å². The molecular formula is C24H26N2O5. The summed E-state index contributed by atoms with van der Waals surface area (Å²) in [6.07, 6.45) is 3.57. The molecule has 31 heavy (non-hydrogen) atoms. The second-order valence-corrected chi connectivity index (χ2v) is 7.11. The summed E-state index contributed by atoms with van der Waals surface area (Å²) in [5.74, 6) is 0.890. The number of anilines is 1. The fourth-order valence-electron chi connectivity index (χ4n) is 3.38. The Hall–Kier alpha value is -3.61. The van der Waals surface area contributed by atoms with E-state index >= 15 is 0 Å². The van der Waals surface area contributed by atoms with E-state index in [1.54, 1.807) is 55.5 Å². The number of nitrogens with one attached hydrogen (secondary N) is 1. The molecule has 7 heteroatoms. The van der Waals surface area contributed by atoms with Crippen molar-refractivity contribution in [1.82, 2.24) is 5.32 Å². The molecule has 7 nitrogen and oxygen atoms in total. The van der Waals surface area contributed by atoms with Crippen LogP contribution in [-0.2, 0) is 16.0 Å². The zero-order chi connectivity index (χ0) is 22.4. The fraction of sp³-hybridized carbons (Fsp3) is 0.292. The van der Waals surface area contributed by atoms with Gasteiger partial charge in [-0.25, -0.2) is 0 Å². The number of ketones is 1. The molecule has 1 aliphatic heterocycles. The van der Waals surface area contributed by atoms with E-state index in [0.29, 0.717) is 30.1 Å². The summed E-state index contributed by atoms with van der Waals surface area (Å²) < 4.78 is 10.8. The van der Waals surface area contributed by atoms with Crippen molar-refractivity contribution in [2.45, 2.75) is 19.8 Å². The second-order valence-electron chi connectivity index (χ2n) is 7.11. The Morgan fingerprint density at radius 1 is 1.16 bits per heavy atom. The zero-order valence-electron chi connectivity index (χ0n) is 17.9. The number of amides is 2. The quantitative estimate of drug-likeness (QED) is 0.496. The van der Waals surface area contributed by atoms with Crippen LogP contribution in [0.4, 0.5) is 5.69 Å². The van der Waals surface area contributed by atoms with Crippen LogP contribution in [0.3, 0.4) is 0 Å². The molecule has 2 aromatic carbocycles. The maximum Gasteiger partial charge on any atom is 0.244 e. The van der Waals surface area contributed by atoms with Crippen molar-refractivity contribution in [1.29, 1.82) is 0 Å². The van der Waals surface area contributed by atoms with Crippen LogP contribution in [0.1, 0.15) is 34.8 Å². The predicted molar refractivity (Wildman–Crippen MR) is 119 cm³/mol. The highest BCUT2D eigenvalue weighted by Crippen LogP contribution is 2.29. The number of Topliss-reactive ketones (excluding diaryl/α,β-unsaturated/α-hetero) is 1. The number of rotatable bonds is 9. The van der Waals surface area contributed by atoms with Gasteiger partial charge in [0.05, 0.1) is 20.1 Å².